The second kappa shape index (κ2) is 5.01. The van der Waals surface area contributed by atoms with E-state index in [0.717, 1.165) is 12.3 Å². The van der Waals surface area contributed by atoms with E-state index in [1.807, 2.05) is 18.7 Å². The Morgan fingerprint density at radius 1 is 1.62 bits per heavy atom. The Labute approximate surface area is 85.1 Å². The van der Waals surface area contributed by atoms with E-state index in [4.69, 9.17) is 0 Å². The lowest BCUT2D eigenvalue weighted by atomic mass is 10.1. The van der Waals surface area contributed by atoms with Crippen LogP contribution in [0, 0.1) is 0 Å². The van der Waals surface area contributed by atoms with Gasteiger partial charge in [-0.3, -0.25) is 9.69 Å². The van der Waals surface area contributed by atoms with Crippen LogP contribution in [0.5, 0.6) is 0 Å². The first-order valence-corrected chi connectivity index (χ1v) is 6.18. The molecule has 0 aliphatic carbocycles. The minimum Gasteiger partial charge on any atom is -0.298 e. The Bertz CT molecular complexity index is 182. The molecule has 0 aromatic carbocycles. The molecule has 1 aliphatic rings. The van der Waals surface area contributed by atoms with Gasteiger partial charge in [0.15, 0.2) is 5.78 Å². The Balaban J connectivity index is 2.61. The first-order chi connectivity index (χ1) is 6.16. The molecule has 0 aromatic heterocycles. The smallest absolute Gasteiger partial charge is 0.150 e. The van der Waals surface area contributed by atoms with E-state index < -0.39 is 0 Å². The molecule has 0 radical (unpaired) electrons. The van der Waals surface area contributed by atoms with Crippen molar-refractivity contribution in [2.75, 3.05) is 18.1 Å². The van der Waals surface area contributed by atoms with Crippen LogP contribution in [0.25, 0.3) is 0 Å². The average molecular weight is 201 g/mol. The van der Waals surface area contributed by atoms with Crippen molar-refractivity contribution < 1.29 is 4.79 Å². The predicted molar refractivity (Wildman–Crippen MR) is 58.3 cm³/mol. The number of thioether (sulfide) groups is 1. The Morgan fingerprint density at radius 2 is 2.31 bits per heavy atom. The van der Waals surface area contributed by atoms with Crippen molar-refractivity contribution >= 4 is 17.5 Å². The summed E-state index contributed by atoms with van der Waals surface area (Å²) in [6.07, 6.45) is 0.675. The lowest BCUT2D eigenvalue weighted by Crippen LogP contribution is -2.50. The molecule has 3 heteroatoms. The molecule has 76 valence electrons. The summed E-state index contributed by atoms with van der Waals surface area (Å²) in [6, 6.07) is 0.685. The van der Waals surface area contributed by atoms with Crippen LogP contribution in [0.4, 0.5) is 0 Å². The maximum Gasteiger partial charge on any atom is 0.150 e. The predicted octanol–water partition coefficient (Wildman–Crippen LogP) is 1.79. The molecule has 0 aromatic rings. The van der Waals surface area contributed by atoms with Gasteiger partial charge in [0.25, 0.3) is 0 Å². The highest BCUT2D eigenvalue weighted by Gasteiger charge is 2.29. The third-order valence-electron chi connectivity index (χ3n) is 2.55. The van der Waals surface area contributed by atoms with Gasteiger partial charge < -0.3 is 0 Å². The monoisotopic (exact) mass is 201 g/mol. The summed E-state index contributed by atoms with van der Waals surface area (Å²) in [7, 11) is 0. The highest BCUT2D eigenvalue weighted by atomic mass is 32.2. The zero-order valence-corrected chi connectivity index (χ0v) is 9.56. The molecule has 1 atom stereocenters. The first-order valence-electron chi connectivity index (χ1n) is 5.03. The normalized spacial score (nSPS) is 25.1. The van der Waals surface area contributed by atoms with Gasteiger partial charge in [-0.1, -0.05) is 6.92 Å². The molecule has 1 unspecified atom stereocenters. The molecule has 0 N–H and O–H groups in total. The van der Waals surface area contributed by atoms with E-state index in [9.17, 15) is 4.79 Å². The van der Waals surface area contributed by atoms with Gasteiger partial charge in [-0.2, -0.15) is 11.8 Å². The zero-order valence-electron chi connectivity index (χ0n) is 8.75. The van der Waals surface area contributed by atoms with Crippen LogP contribution in [-0.4, -0.2) is 40.8 Å². The van der Waals surface area contributed by atoms with E-state index in [-0.39, 0.29) is 6.04 Å². The molecule has 2 nitrogen and oxygen atoms in total. The Kier molecular flexibility index (Phi) is 4.26. The molecular formula is C10H19NOS. The zero-order chi connectivity index (χ0) is 9.84. The third-order valence-corrected chi connectivity index (χ3v) is 3.58. The second-order valence-corrected chi connectivity index (χ2v) is 4.89. The summed E-state index contributed by atoms with van der Waals surface area (Å²) < 4.78 is 0. The summed E-state index contributed by atoms with van der Waals surface area (Å²) in [6.45, 7) is 7.37. The number of ketones is 1. The van der Waals surface area contributed by atoms with Crippen molar-refractivity contribution in [3.05, 3.63) is 0 Å². The third kappa shape index (κ3) is 2.71. The van der Waals surface area contributed by atoms with Crippen LogP contribution in [0.1, 0.15) is 27.2 Å². The van der Waals surface area contributed by atoms with Crippen LogP contribution < -0.4 is 0 Å². The largest absolute Gasteiger partial charge is 0.298 e. The quantitative estimate of drug-likeness (QED) is 0.694. The second-order valence-electron chi connectivity index (χ2n) is 3.74. The molecule has 0 bridgehead atoms. The van der Waals surface area contributed by atoms with Crippen molar-refractivity contribution in [3.8, 4) is 0 Å². The molecule has 0 amide bonds. The van der Waals surface area contributed by atoms with E-state index >= 15 is 0 Å². The Morgan fingerprint density at radius 3 is 2.85 bits per heavy atom. The molecule has 1 aliphatic heterocycles. The van der Waals surface area contributed by atoms with Crippen LogP contribution in [0.15, 0.2) is 0 Å². The minimum absolute atomic E-state index is 0.184. The maximum atomic E-state index is 11.6. The summed E-state index contributed by atoms with van der Waals surface area (Å²) in [5.74, 6) is 2.57. The SMILES string of the molecule is CCC(=O)C1CSCCN1C(C)C. The fourth-order valence-electron chi connectivity index (χ4n) is 1.75. The van der Waals surface area contributed by atoms with Gasteiger partial charge in [0.2, 0.25) is 0 Å². The maximum absolute atomic E-state index is 11.6. The lowest BCUT2D eigenvalue weighted by Gasteiger charge is -2.37. The molecule has 1 fully saturated rings. The number of nitrogens with zero attached hydrogens (tertiary/aromatic N) is 1. The molecule has 1 saturated heterocycles. The van der Waals surface area contributed by atoms with Crippen molar-refractivity contribution in [2.24, 2.45) is 0 Å². The number of Topliss-reactive ketones (excluding diaryl/α,β-unsaturated/α-hetero) is 1. The first kappa shape index (κ1) is 11.1. The van der Waals surface area contributed by atoms with Crippen LogP contribution in [0.2, 0.25) is 0 Å². The molecule has 1 heterocycles. The van der Waals surface area contributed by atoms with Gasteiger partial charge in [0, 0.05) is 30.5 Å². The fraction of sp³-hybridized carbons (Fsp3) is 0.900. The summed E-state index contributed by atoms with van der Waals surface area (Å²) >= 11 is 1.91. The van der Waals surface area contributed by atoms with E-state index in [1.165, 1.54) is 5.75 Å². The standard InChI is InChI=1S/C10H19NOS/c1-4-10(12)9-7-13-6-5-11(9)8(2)3/h8-9H,4-7H2,1-3H3. The van der Waals surface area contributed by atoms with Gasteiger partial charge in [-0.05, 0) is 13.8 Å². The fourth-order valence-corrected chi connectivity index (χ4v) is 2.86. The minimum atomic E-state index is 0.184. The molecule has 13 heavy (non-hydrogen) atoms. The summed E-state index contributed by atoms with van der Waals surface area (Å²) in [5, 5.41) is 0. The number of hydrogen-bond donors (Lipinski definition) is 0. The Hall–Kier alpha value is -0.0200. The number of rotatable bonds is 3. The van der Waals surface area contributed by atoms with E-state index in [2.05, 4.69) is 18.7 Å². The lowest BCUT2D eigenvalue weighted by molar-refractivity contribution is -0.123. The molecule has 0 saturated carbocycles. The van der Waals surface area contributed by atoms with Crippen LogP contribution >= 0.6 is 11.8 Å². The number of carbonyl (C=O) groups is 1. The van der Waals surface area contributed by atoms with Crippen molar-refractivity contribution in [3.63, 3.8) is 0 Å². The summed E-state index contributed by atoms with van der Waals surface area (Å²) in [5.41, 5.74) is 0. The van der Waals surface area contributed by atoms with Gasteiger partial charge in [-0.15, -0.1) is 0 Å². The van der Waals surface area contributed by atoms with Crippen molar-refractivity contribution in [1.82, 2.24) is 4.90 Å². The highest BCUT2D eigenvalue weighted by molar-refractivity contribution is 7.99. The molecule has 1 rings (SSSR count). The van der Waals surface area contributed by atoms with Crippen LogP contribution in [0.3, 0.4) is 0 Å². The van der Waals surface area contributed by atoms with E-state index in [1.54, 1.807) is 0 Å². The van der Waals surface area contributed by atoms with Crippen LogP contribution in [-0.2, 0) is 4.79 Å². The highest BCUT2D eigenvalue weighted by Crippen LogP contribution is 2.20. The average Bonchev–Trinajstić information content (AvgIpc) is 2.16. The number of hydrogen-bond acceptors (Lipinski definition) is 3. The van der Waals surface area contributed by atoms with Gasteiger partial charge in [0.1, 0.15) is 0 Å². The van der Waals surface area contributed by atoms with E-state index in [0.29, 0.717) is 18.2 Å². The molecule has 0 spiro atoms. The summed E-state index contributed by atoms with van der Waals surface area (Å²) in [4.78, 5) is 14.0. The molecular weight excluding hydrogens is 182 g/mol. The van der Waals surface area contributed by atoms with Crippen molar-refractivity contribution in [2.45, 2.75) is 39.3 Å². The number of carbonyl (C=O) groups excluding carboxylic acids is 1. The van der Waals surface area contributed by atoms with Gasteiger partial charge in [0.05, 0.1) is 6.04 Å². The topological polar surface area (TPSA) is 20.3 Å². The van der Waals surface area contributed by atoms with Crippen molar-refractivity contribution in [1.29, 1.82) is 0 Å². The van der Waals surface area contributed by atoms with Gasteiger partial charge in [-0.25, -0.2) is 0 Å². The van der Waals surface area contributed by atoms with Gasteiger partial charge >= 0.3 is 0 Å².